The van der Waals surface area contributed by atoms with Crippen LogP contribution >= 0.6 is 0 Å². The number of carboxylic acids is 1. The summed E-state index contributed by atoms with van der Waals surface area (Å²) >= 11 is 0. The first-order chi connectivity index (χ1) is 9.56. The molecule has 2 fully saturated rings. The second kappa shape index (κ2) is 4.62. The summed E-state index contributed by atoms with van der Waals surface area (Å²) in [5.41, 5.74) is 0.121. The van der Waals surface area contributed by atoms with Gasteiger partial charge in [-0.2, -0.15) is 0 Å². The third-order valence-corrected chi connectivity index (χ3v) is 4.81. The van der Waals surface area contributed by atoms with E-state index in [1.165, 1.54) is 5.56 Å². The van der Waals surface area contributed by atoms with Crippen molar-refractivity contribution in [3.63, 3.8) is 0 Å². The van der Waals surface area contributed by atoms with Crippen LogP contribution in [0.4, 0.5) is 0 Å². The molecule has 1 aromatic rings. The molecular weight excluding hydrogens is 254 g/mol. The molecule has 0 radical (unpaired) electrons. The molecule has 4 heteroatoms. The number of carbonyl (C=O) groups is 2. The summed E-state index contributed by atoms with van der Waals surface area (Å²) < 4.78 is 0. The molecule has 106 valence electrons. The van der Waals surface area contributed by atoms with E-state index in [0.29, 0.717) is 25.3 Å². The van der Waals surface area contributed by atoms with Crippen LogP contribution in [0.3, 0.4) is 0 Å². The number of likely N-dealkylation sites (tertiary alicyclic amines) is 1. The van der Waals surface area contributed by atoms with Crippen LogP contribution in [-0.2, 0) is 9.59 Å². The molecule has 2 atom stereocenters. The maximum atomic E-state index is 12.5. The number of benzene rings is 1. The van der Waals surface area contributed by atoms with Gasteiger partial charge in [0.2, 0.25) is 5.91 Å². The number of carbonyl (C=O) groups excluding carboxylic acids is 1. The van der Waals surface area contributed by atoms with Gasteiger partial charge in [0.15, 0.2) is 0 Å². The van der Waals surface area contributed by atoms with Crippen LogP contribution < -0.4 is 0 Å². The van der Waals surface area contributed by atoms with Crippen molar-refractivity contribution in [1.29, 1.82) is 0 Å². The van der Waals surface area contributed by atoms with Crippen LogP contribution in [0.25, 0.3) is 0 Å². The Bertz CT molecular complexity index is 536. The molecule has 1 saturated carbocycles. The average molecular weight is 273 g/mol. The maximum absolute atomic E-state index is 12.5. The Kier molecular flexibility index (Phi) is 3.04. The van der Waals surface area contributed by atoms with Crippen molar-refractivity contribution < 1.29 is 14.7 Å². The highest BCUT2D eigenvalue weighted by Gasteiger charge is 2.59. The van der Waals surface area contributed by atoms with Gasteiger partial charge in [-0.3, -0.25) is 9.59 Å². The first kappa shape index (κ1) is 13.2. The monoisotopic (exact) mass is 273 g/mol. The highest BCUT2D eigenvalue weighted by Crippen LogP contribution is 2.49. The van der Waals surface area contributed by atoms with Crippen molar-refractivity contribution in [2.24, 2.45) is 5.41 Å². The standard InChI is InChI=1S/C16H19NO3/c1-11-13(12-5-3-2-4-6-12)7-10-17(11)14(18)16(8-9-16)15(19)20/h2-6,11,13H,7-10H2,1H3,(H,19,20). The van der Waals surface area contributed by atoms with Gasteiger partial charge in [-0.15, -0.1) is 0 Å². The predicted octanol–water partition coefficient (Wildman–Crippen LogP) is 2.26. The smallest absolute Gasteiger partial charge is 0.319 e. The van der Waals surface area contributed by atoms with Gasteiger partial charge in [-0.1, -0.05) is 30.3 Å². The fraction of sp³-hybridized carbons (Fsp3) is 0.500. The highest BCUT2D eigenvalue weighted by atomic mass is 16.4. The third-order valence-electron chi connectivity index (χ3n) is 4.81. The van der Waals surface area contributed by atoms with Crippen LogP contribution in [0.5, 0.6) is 0 Å². The summed E-state index contributed by atoms with van der Waals surface area (Å²) in [5, 5.41) is 9.26. The van der Waals surface area contributed by atoms with Crippen molar-refractivity contribution >= 4 is 11.9 Å². The van der Waals surface area contributed by atoms with Crippen molar-refractivity contribution in [3.05, 3.63) is 35.9 Å². The Hall–Kier alpha value is -1.84. The lowest BCUT2D eigenvalue weighted by molar-refractivity contribution is -0.153. The molecule has 1 saturated heterocycles. The zero-order chi connectivity index (χ0) is 14.3. The van der Waals surface area contributed by atoms with E-state index in [4.69, 9.17) is 0 Å². The minimum atomic E-state index is -1.11. The lowest BCUT2D eigenvalue weighted by Gasteiger charge is -2.27. The van der Waals surface area contributed by atoms with Crippen molar-refractivity contribution in [2.45, 2.75) is 38.1 Å². The first-order valence-corrected chi connectivity index (χ1v) is 7.16. The van der Waals surface area contributed by atoms with E-state index in [0.717, 1.165) is 6.42 Å². The number of aliphatic carboxylic acids is 1. The van der Waals surface area contributed by atoms with E-state index in [-0.39, 0.29) is 11.9 Å². The van der Waals surface area contributed by atoms with Crippen LogP contribution in [-0.4, -0.2) is 34.5 Å². The molecule has 1 aromatic carbocycles. The number of hydrogen-bond donors (Lipinski definition) is 1. The van der Waals surface area contributed by atoms with E-state index >= 15 is 0 Å². The molecule has 3 rings (SSSR count). The number of amides is 1. The highest BCUT2D eigenvalue weighted by molar-refractivity contribution is 6.05. The first-order valence-electron chi connectivity index (χ1n) is 7.16. The molecule has 1 amide bonds. The molecule has 2 aliphatic rings. The molecule has 1 aliphatic carbocycles. The molecule has 4 nitrogen and oxygen atoms in total. The van der Waals surface area contributed by atoms with E-state index in [1.807, 2.05) is 25.1 Å². The zero-order valence-corrected chi connectivity index (χ0v) is 11.6. The fourth-order valence-corrected chi connectivity index (χ4v) is 3.29. The van der Waals surface area contributed by atoms with Crippen molar-refractivity contribution in [3.8, 4) is 0 Å². The summed E-state index contributed by atoms with van der Waals surface area (Å²) in [6, 6.07) is 10.2. The molecule has 0 spiro atoms. The average Bonchev–Trinajstić information content (AvgIpc) is 3.18. The summed E-state index contributed by atoms with van der Waals surface area (Å²) in [7, 11) is 0. The van der Waals surface area contributed by atoms with Crippen molar-refractivity contribution in [1.82, 2.24) is 4.90 Å². The van der Waals surface area contributed by atoms with E-state index in [1.54, 1.807) is 4.90 Å². The van der Waals surface area contributed by atoms with Crippen LogP contribution in [0, 0.1) is 5.41 Å². The Morgan fingerprint density at radius 2 is 1.90 bits per heavy atom. The van der Waals surface area contributed by atoms with Crippen LogP contribution in [0.2, 0.25) is 0 Å². The SMILES string of the molecule is CC1C(c2ccccc2)CCN1C(=O)C1(C(=O)O)CC1. The minimum absolute atomic E-state index is 0.0710. The fourth-order valence-electron chi connectivity index (χ4n) is 3.29. The predicted molar refractivity (Wildman–Crippen MR) is 74.3 cm³/mol. The van der Waals surface area contributed by atoms with Crippen molar-refractivity contribution in [2.75, 3.05) is 6.54 Å². The van der Waals surface area contributed by atoms with Gasteiger partial charge < -0.3 is 10.0 Å². The Balaban J connectivity index is 1.78. The summed E-state index contributed by atoms with van der Waals surface area (Å²) in [5.74, 6) is -0.835. The lowest BCUT2D eigenvalue weighted by Crippen LogP contribution is -2.43. The Labute approximate surface area is 118 Å². The third kappa shape index (κ3) is 1.90. The second-order valence-corrected chi connectivity index (χ2v) is 5.93. The van der Waals surface area contributed by atoms with E-state index in [2.05, 4.69) is 12.1 Å². The zero-order valence-electron chi connectivity index (χ0n) is 11.6. The quantitative estimate of drug-likeness (QED) is 0.859. The molecule has 1 heterocycles. The largest absolute Gasteiger partial charge is 0.480 e. The Morgan fingerprint density at radius 3 is 2.45 bits per heavy atom. The van der Waals surface area contributed by atoms with Gasteiger partial charge in [0.1, 0.15) is 5.41 Å². The summed E-state index contributed by atoms with van der Waals surface area (Å²) in [6.45, 7) is 2.69. The Morgan fingerprint density at radius 1 is 1.25 bits per heavy atom. The second-order valence-electron chi connectivity index (χ2n) is 5.93. The number of hydrogen-bond acceptors (Lipinski definition) is 2. The summed E-state index contributed by atoms with van der Waals surface area (Å²) in [4.78, 5) is 25.6. The summed E-state index contributed by atoms with van der Waals surface area (Å²) in [6.07, 6.45) is 1.88. The number of rotatable bonds is 3. The molecular formula is C16H19NO3. The molecule has 2 unspecified atom stereocenters. The van der Waals surface area contributed by atoms with Gasteiger partial charge in [-0.05, 0) is 31.7 Å². The molecule has 1 N–H and O–H groups in total. The molecule has 20 heavy (non-hydrogen) atoms. The molecule has 1 aliphatic heterocycles. The lowest BCUT2D eigenvalue weighted by atomic mass is 9.92. The topological polar surface area (TPSA) is 57.6 Å². The van der Waals surface area contributed by atoms with Gasteiger partial charge in [0, 0.05) is 18.5 Å². The molecule has 0 aromatic heterocycles. The normalized spacial score (nSPS) is 27.4. The van der Waals surface area contributed by atoms with Gasteiger partial charge in [0.25, 0.3) is 0 Å². The molecule has 0 bridgehead atoms. The number of carboxylic acid groups (broad SMARTS) is 1. The van der Waals surface area contributed by atoms with Gasteiger partial charge >= 0.3 is 5.97 Å². The number of nitrogens with zero attached hydrogens (tertiary/aromatic N) is 1. The van der Waals surface area contributed by atoms with Gasteiger partial charge in [0.05, 0.1) is 0 Å². The van der Waals surface area contributed by atoms with E-state index in [9.17, 15) is 14.7 Å². The maximum Gasteiger partial charge on any atom is 0.319 e. The van der Waals surface area contributed by atoms with E-state index < -0.39 is 11.4 Å². The van der Waals surface area contributed by atoms with Gasteiger partial charge in [-0.25, -0.2) is 0 Å². The van der Waals surface area contributed by atoms with Crippen LogP contribution in [0.15, 0.2) is 30.3 Å². The van der Waals surface area contributed by atoms with Crippen LogP contribution in [0.1, 0.15) is 37.7 Å². The minimum Gasteiger partial charge on any atom is -0.480 e.